The molecule has 3 nitrogen and oxygen atoms in total. The van der Waals surface area contributed by atoms with E-state index < -0.39 is 0 Å². The highest BCUT2D eigenvalue weighted by Gasteiger charge is 1.86. The second-order valence-electron chi connectivity index (χ2n) is 4.03. The van der Waals surface area contributed by atoms with Crippen molar-refractivity contribution in [2.75, 3.05) is 14.2 Å². The Balaban J connectivity index is 0.000000324. The normalized spacial score (nSPS) is 8.63. The summed E-state index contributed by atoms with van der Waals surface area (Å²) in [4.78, 5) is 0. The van der Waals surface area contributed by atoms with Crippen molar-refractivity contribution in [3.63, 3.8) is 0 Å². The highest BCUT2D eigenvalue weighted by molar-refractivity contribution is 5.26. The minimum atomic E-state index is 0. The molecule has 104 valence electrons. The molecule has 2 aromatic carbocycles. The van der Waals surface area contributed by atoms with Crippen LogP contribution in [0.5, 0.6) is 11.5 Å². The van der Waals surface area contributed by atoms with E-state index in [-0.39, 0.29) is 5.48 Å². The van der Waals surface area contributed by atoms with Gasteiger partial charge in [-0.15, -0.1) is 0 Å². The summed E-state index contributed by atoms with van der Waals surface area (Å²) in [6.45, 7) is 4.11. The first-order chi connectivity index (χ1) is 8.65. The van der Waals surface area contributed by atoms with E-state index in [2.05, 4.69) is 13.8 Å². The van der Waals surface area contributed by atoms with Gasteiger partial charge in [0.2, 0.25) is 0 Å². The molecule has 19 heavy (non-hydrogen) atoms. The maximum absolute atomic E-state index is 4.97. The van der Waals surface area contributed by atoms with Crippen LogP contribution in [0.25, 0.3) is 0 Å². The summed E-state index contributed by atoms with van der Waals surface area (Å²) in [5.74, 6) is 1.83. The molecule has 0 atom stereocenters. The summed E-state index contributed by atoms with van der Waals surface area (Å²) >= 11 is 0. The molecule has 3 heteroatoms. The first-order valence-electron chi connectivity index (χ1n) is 5.87. The maximum Gasteiger partial charge on any atom is 0.118 e. The Morgan fingerprint density at radius 1 is 0.579 bits per heavy atom. The van der Waals surface area contributed by atoms with Crippen molar-refractivity contribution in [3.8, 4) is 11.5 Å². The minimum absolute atomic E-state index is 0. The first kappa shape index (κ1) is 17.0. The van der Waals surface area contributed by atoms with Gasteiger partial charge in [0.15, 0.2) is 0 Å². The van der Waals surface area contributed by atoms with Gasteiger partial charge in [-0.25, -0.2) is 0 Å². The molecule has 2 N–H and O–H groups in total. The molecule has 0 bridgehead atoms. The van der Waals surface area contributed by atoms with E-state index >= 15 is 0 Å². The van der Waals surface area contributed by atoms with Crippen LogP contribution >= 0.6 is 0 Å². The summed E-state index contributed by atoms with van der Waals surface area (Å²) in [6.07, 6.45) is 0. The zero-order valence-corrected chi connectivity index (χ0v) is 11.9. The average molecular weight is 262 g/mol. The molecule has 0 spiro atoms. The summed E-state index contributed by atoms with van der Waals surface area (Å²) in [5, 5.41) is 0. The lowest BCUT2D eigenvalue weighted by Crippen LogP contribution is -1.80. The van der Waals surface area contributed by atoms with Crippen LogP contribution < -0.4 is 9.47 Å². The van der Waals surface area contributed by atoms with Crippen LogP contribution in [0.15, 0.2) is 48.5 Å². The van der Waals surface area contributed by atoms with Crippen molar-refractivity contribution in [2.45, 2.75) is 13.8 Å². The fraction of sp³-hybridized carbons (Fsp3) is 0.250. The summed E-state index contributed by atoms with van der Waals surface area (Å²) in [7, 11) is 3.34. The molecule has 2 rings (SSSR count). The molecule has 0 aliphatic carbocycles. The van der Waals surface area contributed by atoms with Gasteiger partial charge in [-0.2, -0.15) is 0 Å². The van der Waals surface area contributed by atoms with E-state index in [0.717, 1.165) is 11.5 Å². The largest absolute Gasteiger partial charge is 0.497 e. The summed E-state index contributed by atoms with van der Waals surface area (Å²) in [5.41, 5.74) is 2.52. The standard InChI is InChI=1S/2C8H10O.H2O/c2*1-7-3-5-8(9-2)6-4-7;/h2*3-6H,1-2H3;1H2. The third-order valence-electron chi connectivity index (χ3n) is 2.51. The molecule has 0 fully saturated rings. The van der Waals surface area contributed by atoms with E-state index in [0.29, 0.717) is 0 Å². The number of ether oxygens (including phenoxy) is 2. The zero-order valence-electron chi connectivity index (χ0n) is 11.9. The lowest BCUT2D eigenvalue weighted by atomic mass is 10.2. The van der Waals surface area contributed by atoms with Crippen molar-refractivity contribution < 1.29 is 14.9 Å². The average Bonchev–Trinajstić information content (AvgIpc) is 2.41. The molecule has 2 aromatic rings. The number of methoxy groups -OCH3 is 2. The molecule has 0 aliphatic heterocycles. The van der Waals surface area contributed by atoms with Crippen LogP contribution in [0, 0.1) is 13.8 Å². The molecule has 0 aromatic heterocycles. The van der Waals surface area contributed by atoms with Gasteiger partial charge in [0.25, 0.3) is 0 Å². The van der Waals surface area contributed by atoms with E-state index in [1.165, 1.54) is 11.1 Å². The van der Waals surface area contributed by atoms with Crippen molar-refractivity contribution in [1.29, 1.82) is 0 Å². The van der Waals surface area contributed by atoms with Crippen LogP contribution in [-0.4, -0.2) is 19.7 Å². The molecule has 0 unspecified atom stereocenters. The van der Waals surface area contributed by atoms with Gasteiger partial charge in [0.05, 0.1) is 14.2 Å². The topological polar surface area (TPSA) is 50.0 Å². The third-order valence-corrected chi connectivity index (χ3v) is 2.51. The molecule has 0 radical (unpaired) electrons. The third kappa shape index (κ3) is 6.48. The number of rotatable bonds is 2. The van der Waals surface area contributed by atoms with Crippen LogP contribution in [0.2, 0.25) is 0 Å². The van der Waals surface area contributed by atoms with Gasteiger partial charge < -0.3 is 14.9 Å². The fourth-order valence-corrected chi connectivity index (χ4v) is 1.35. The number of aryl methyl sites for hydroxylation is 2. The lowest BCUT2D eigenvalue weighted by molar-refractivity contribution is 0.414. The van der Waals surface area contributed by atoms with Crippen LogP contribution in [0.4, 0.5) is 0 Å². The van der Waals surface area contributed by atoms with Crippen molar-refractivity contribution >= 4 is 0 Å². The smallest absolute Gasteiger partial charge is 0.118 e. The zero-order chi connectivity index (χ0) is 13.4. The van der Waals surface area contributed by atoms with E-state index in [4.69, 9.17) is 9.47 Å². The quantitative estimate of drug-likeness (QED) is 0.834. The van der Waals surface area contributed by atoms with Crippen LogP contribution in [0.3, 0.4) is 0 Å². The Labute approximate surface area is 115 Å². The first-order valence-corrected chi connectivity index (χ1v) is 5.87. The number of benzene rings is 2. The highest BCUT2D eigenvalue weighted by Crippen LogP contribution is 2.10. The SMILES string of the molecule is COc1ccc(C)cc1.COc1ccc(C)cc1.O. The van der Waals surface area contributed by atoms with Gasteiger partial charge in [0, 0.05) is 0 Å². The Morgan fingerprint density at radius 2 is 0.842 bits per heavy atom. The summed E-state index contributed by atoms with van der Waals surface area (Å²) in [6, 6.07) is 15.9. The highest BCUT2D eigenvalue weighted by atomic mass is 16.5. The van der Waals surface area contributed by atoms with Crippen molar-refractivity contribution in [3.05, 3.63) is 59.7 Å². The predicted octanol–water partition coefficient (Wildman–Crippen LogP) is 3.18. The predicted molar refractivity (Wildman–Crippen MR) is 79.1 cm³/mol. The second-order valence-corrected chi connectivity index (χ2v) is 4.03. The Hall–Kier alpha value is -2.00. The van der Waals surface area contributed by atoms with Crippen molar-refractivity contribution in [2.24, 2.45) is 0 Å². The fourth-order valence-electron chi connectivity index (χ4n) is 1.35. The molecule has 0 aliphatic rings. The molecule has 0 saturated carbocycles. The summed E-state index contributed by atoms with van der Waals surface area (Å²) < 4.78 is 9.94. The minimum Gasteiger partial charge on any atom is -0.497 e. The molecule has 0 saturated heterocycles. The molecule has 0 heterocycles. The Kier molecular flexibility index (Phi) is 8.05. The van der Waals surface area contributed by atoms with E-state index in [9.17, 15) is 0 Å². The van der Waals surface area contributed by atoms with Gasteiger partial charge in [-0.05, 0) is 38.1 Å². The van der Waals surface area contributed by atoms with Crippen LogP contribution in [0.1, 0.15) is 11.1 Å². The molecule has 0 amide bonds. The van der Waals surface area contributed by atoms with Crippen molar-refractivity contribution in [1.82, 2.24) is 0 Å². The number of hydrogen-bond donors (Lipinski definition) is 0. The van der Waals surface area contributed by atoms with Gasteiger partial charge >= 0.3 is 0 Å². The number of hydrogen-bond acceptors (Lipinski definition) is 2. The van der Waals surface area contributed by atoms with Crippen LogP contribution in [-0.2, 0) is 0 Å². The molecular formula is C16H22O3. The van der Waals surface area contributed by atoms with E-state index in [1.54, 1.807) is 14.2 Å². The van der Waals surface area contributed by atoms with E-state index in [1.807, 2.05) is 48.5 Å². The van der Waals surface area contributed by atoms with Gasteiger partial charge in [-0.1, -0.05) is 35.4 Å². The molecular weight excluding hydrogens is 240 g/mol. The lowest BCUT2D eigenvalue weighted by Gasteiger charge is -1.97. The maximum atomic E-state index is 4.97. The Morgan fingerprint density at radius 3 is 1.05 bits per heavy atom. The van der Waals surface area contributed by atoms with Gasteiger partial charge in [-0.3, -0.25) is 0 Å². The second kappa shape index (κ2) is 9.00. The van der Waals surface area contributed by atoms with Gasteiger partial charge in [0.1, 0.15) is 11.5 Å². The Bertz CT molecular complexity index is 401. The monoisotopic (exact) mass is 262 g/mol.